The normalized spacial score (nSPS) is 27.3. The highest BCUT2D eigenvalue weighted by Gasteiger charge is 2.34. The van der Waals surface area contributed by atoms with Gasteiger partial charge in [-0.3, -0.25) is 0 Å². The number of hydrogen-bond acceptors (Lipinski definition) is 4. The topological polar surface area (TPSA) is 76.4 Å². The summed E-state index contributed by atoms with van der Waals surface area (Å²) < 4.78 is 5.38. The number of carbonyl (C=O) groups excluding carboxylic acids is 1. The summed E-state index contributed by atoms with van der Waals surface area (Å²) in [6, 6.07) is 0.677. The zero-order valence-corrected chi connectivity index (χ0v) is 14.4. The number of alkyl carbamates (subject to hydrolysis) is 1. The van der Waals surface area contributed by atoms with E-state index in [1.807, 2.05) is 20.8 Å². The second-order valence-corrected chi connectivity index (χ2v) is 7.89. The van der Waals surface area contributed by atoms with Gasteiger partial charge in [-0.15, -0.1) is 0 Å². The molecule has 0 aromatic carbocycles. The van der Waals surface area contributed by atoms with Crippen molar-refractivity contribution in [1.29, 1.82) is 0 Å². The third-order valence-electron chi connectivity index (χ3n) is 4.70. The van der Waals surface area contributed by atoms with Crippen LogP contribution in [0, 0.1) is 11.8 Å². The molecule has 0 radical (unpaired) electrons. The highest BCUT2D eigenvalue weighted by atomic mass is 16.6. The molecule has 1 amide bonds. The maximum Gasteiger partial charge on any atom is 0.407 e. The predicted octanol–water partition coefficient (Wildman–Crippen LogP) is 2.40. The van der Waals surface area contributed by atoms with Gasteiger partial charge in [0.05, 0.1) is 0 Å². The van der Waals surface area contributed by atoms with Crippen LogP contribution in [0.2, 0.25) is 0 Å². The van der Waals surface area contributed by atoms with Crippen molar-refractivity contribution in [2.24, 2.45) is 17.6 Å². The van der Waals surface area contributed by atoms with Crippen LogP contribution in [0.3, 0.4) is 0 Å². The molecule has 5 heteroatoms. The van der Waals surface area contributed by atoms with Crippen LogP contribution >= 0.6 is 0 Å². The molecule has 0 heterocycles. The summed E-state index contributed by atoms with van der Waals surface area (Å²) in [5.41, 5.74) is 5.45. The third-order valence-corrected chi connectivity index (χ3v) is 4.70. The molecule has 2 saturated carbocycles. The molecule has 2 aliphatic rings. The number of rotatable bonds is 6. The van der Waals surface area contributed by atoms with Crippen LogP contribution in [-0.4, -0.2) is 36.9 Å². The fraction of sp³-hybridized carbons (Fsp3) is 0.941. The molecule has 4 N–H and O–H groups in total. The smallest absolute Gasteiger partial charge is 0.407 e. The van der Waals surface area contributed by atoms with E-state index in [1.165, 1.54) is 38.5 Å². The molecular weight excluding hydrogens is 278 g/mol. The first kappa shape index (κ1) is 17.5. The van der Waals surface area contributed by atoms with E-state index in [9.17, 15) is 4.79 Å². The van der Waals surface area contributed by atoms with Crippen LogP contribution in [0.25, 0.3) is 0 Å². The van der Waals surface area contributed by atoms with Gasteiger partial charge >= 0.3 is 6.09 Å². The molecule has 128 valence electrons. The average molecular weight is 311 g/mol. The number of nitrogens with two attached hydrogens (primary N) is 1. The van der Waals surface area contributed by atoms with Crippen LogP contribution < -0.4 is 16.4 Å². The Labute approximate surface area is 134 Å². The Kier molecular flexibility index (Phi) is 6.09. The molecule has 0 bridgehead atoms. The van der Waals surface area contributed by atoms with Crippen molar-refractivity contribution < 1.29 is 9.53 Å². The van der Waals surface area contributed by atoms with Crippen LogP contribution in [0.5, 0.6) is 0 Å². The molecule has 0 aromatic rings. The summed E-state index contributed by atoms with van der Waals surface area (Å²) in [7, 11) is 0. The van der Waals surface area contributed by atoms with E-state index in [0.717, 1.165) is 13.1 Å². The Bertz CT molecular complexity index is 363. The summed E-state index contributed by atoms with van der Waals surface area (Å²) in [5.74, 6) is 1.18. The predicted molar refractivity (Wildman–Crippen MR) is 88.7 cm³/mol. The van der Waals surface area contributed by atoms with Crippen molar-refractivity contribution in [1.82, 2.24) is 10.6 Å². The molecule has 2 aliphatic carbocycles. The van der Waals surface area contributed by atoms with Crippen LogP contribution in [0.4, 0.5) is 4.79 Å². The molecule has 0 spiro atoms. The van der Waals surface area contributed by atoms with E-state index < -0.39 is 5.60 Å². The second kappa shape index (κ2) is 7.64. The van der Waals surface area contributed by atoms with Crippen LogP contribution in [0.15, 0.2) is 0 Å². The second-order valence-electron chi connectivity index (χ2n) is 7.89. The first-order valence-corrected chi connectivity index (χ1v) is 8.82. The van der Waals surface area contributed by atoms with Gasteiger partial charge in [0.1, 0.15) is 5.60 Å². The SMILES string of the molecule is CC(C)(C)OC(=O)NC(CNC1CCCCC1CN)C1CC1. The summed E-state index contributed by atoms with van der Waals surface area (Å²) >= 11 is 0. The van der Waals surface area contributed by atoms with Gasteiger partial charge in [0.25, 0.3) is 0 Å². The summed E-state index contributed by atoms with van der Waals surface area (Å²) in [6.07, 6.45) is 7.10. The molecule has 5 nitrogen and oxygen atoms in total. The van der Waals surface area contributed by atoms with Gasteiger partial charge in [-0.25, -0.2) is 4.79 Å². The number of carbonyl (C=O) groups is 1. The summed E-state index contributed by atoms with van der Waals surface area (Å²) in [6.45, 7) is 7.26. The first-order valence-electron chi connectivity index (χ1n) is 8.82. The lowest BCUT2D eigenvalue weighted by atomic mass is 9.84. The molecule has 3 atom stereocenters. The van der Waals surface area contributed by atoms with Gasteiger partial charge in [0.2, 0.25) is 0 Å². The zero-order chi connectivity index (χ0) is 16.2. The van der Waals surface area contributed by atoms with E-state index in [2.05, 4.69) is 10.6 Å². The molecule has 3 unspecified atom stereocenters. The van der Waals surface area contributed by atoms with Gasteiger partial charge in [0, 0.05) is 18.6 Å². The van der Waals surface area contributed by atoms with Crippen molar-refractivity contribution in [3.05, 3.63) is 0 Å². The Morgan fingerprint density at radius 2 is 1.91 bits per heavy atom. The van der Waals surface area contributed by atoms with Crippen molar-refractivity contribution >= 4 is 6.09 Å². The maximum atomic E-state index is 12.0. The Hall–Kier alpha value is -0.810. The van der Waals surface area contributed by atoms with Gasteiger partial charge in [0.15, 0.2) is 0 Å². The standard InChI is InChI=1S/C17H33N3O2/c1-17(2,3)22-16(21)20-15(12-8-9-12)11-19-14-7-5-4-6-13(14)10-18/h12-15,19H,4-11,18H2,1-3H3,(H,20,21). The molecule has 0 aromatic heterocycles. The minimum atomic E-state index is -0.445. The van der Waals surface area contributed by atoms with E-state index in [1.54, 1.807) is 0 Å². The van der Waals surface area contributed by atoms with Gasteiger partial charge in [-0.1, -0.05) is 12.8 Å². The Morgan fingerprint density at radius 1 is 1.23 bits per heavy atom. The fourth-order valence-corrected chi connectivity index (χ4v) is 3.33. The average Bonchev–Trinajstić information content (AvgIpc) is 3.26. The van der Waals surface area contributed by atoms with Gasteiger partial charge < -0.3 is 21.1 Å². The van der Waals surface area contributed by atoms with Crippen LogP contribution in [-0.2, 0) is 4.74 Å². The highest BCUT2D eigenvalue weighted by Crippen LogP contribution is 2.33. The monoisotopic (exact) mass is 311 g/mol. The molecule has 2 fully saturated rings. The van der Waals surface area contributed by atoms with E-state index in [-0.39, 0.29) is 12.1 Å². The molecular formula is C17H33N3O2. The minimum absolute atomic E-state index is 0.176. The lowest BCUT2D eigenvalue weighted by molar-refractivity contribution is 0.0495. The molecule has 2 rings (SSSR count). The number of nitrogens with one attached hydrogen (secondary N) is 2. The summed E-state index contributed by atoms with van der Waals surface area (Å²) in [5, 5.41) is 6.71. The lowest BCUT2D eigenvalue weighted by Gasteiger charge is -2.33. The quantitative estimate of drug-likeness (QED) is 0.704. The molecule has 0 saturated heterocycles. The Morgan fingerprint density at radius 3 is 2.50 bits per heavy atom. The van der Waals surface area contributed by atoms with Crippen molar-refractivity contribution in [2.75, 3.05) is 13.1 Å². The lowest BCUT2D eigenvalue weighted by Crippen LogP contribution is -2.50. The minimum Gasteiger partial charge on any atom is -0.444 e. The third kappa shape index (κ3) is 5.76. The largest absolute Gasteiger partial charge is 0.444 e. The summed E-state index contributed by atoms with van der Waals surface area (Å²) in [4.78, 5) is 12.0. The maximum absolute atomic E-state index is 12.0. The van der Waals surface area contributed by atoms with E-state index in [4.69, 9.17) is 10.5 Å². The molecule has 22 heavy (non-hydrogen) atoms. The zero-order valence-electron chi connectivity index (χ0n) is 14.4. The highest BCUT2D eigenvalue weighted by molar-refractivity contribution is 5.68. The number of ether oxygens (including phenoxy) is 1. The molecule has 0 aliphatic heterocycles. The van der Waals surface area contributed by atoms with Crippen molar-refractivity contribution in [3.63, 3.8) is 0 Å². The van der Waals surface area contributed by atoms with E-state index >= 15 is 0 Å². The first-order chi connectivity index (χ1) is 10.4. The number of hydrogen-bond donors (Lipinski definition) is 3. The van der Waals surface area contributed by atoms with E-state index in [0.29, 0.717) is 17.9 Å². The van der Waals surface area contributed by atoms with Crippen molar-refractivity contribution in [2.45, 2.75) is 77.0 Å². The van der Waals surface area contributed by atoms with Crippen molar-refractivity contribution in [3.8, 4) is 0 Å². The van der Waals surface area contributed by atoms with Crippen LogP contribution in [0.1, 0.15) is 59.3 Å². The number of amides is 1. The fourth-order valence-electron chi connectivity index (χ4n) is 3.33. The van der Waals surface area contributed by atoms with Gasteiger partial charge in [-0.05, 0) is 64.8 Å². The van der Waals surface area contributed by atoms with Gasteiger partial charge in [-0.2, -0.15) is 0 Å². The Balaban J connectivity index is 1.80.